The summed E-state index contributed by atoms with van der Waals surface area (Å²) < 4.78 is 23.6. The minimum absolute atomic E-state index is 0.00241. The third-order valence-electron chi connectivity index (χ3n) is 3.19. The van der Waals surface area contributed by atoms with Crippen LogP contribution in [0.1, 0.15) is 37.0 Å². The van der Waals surface area contributed by atoms with Gasteiger partial charge in [0.15, 0.2) is 15.6 Å². The minimum Gasteiger partial charge on any atom is -0.369 e. The van der Waals surface area contributed by atoms with Gasteiger partial charge in [-0.05, 0) is 25.0 Å². The number of ketones is 1. The summed E-state index contributed by atoms with van der Waals surface area (Å²) in [5, 5.41) is 0. The van der Waals surface area contributed by atoms with E-state index < -0.39 is 21.5 Å². The molecule has 0 fully saturated rings. The molecule has 1 amide bonds. The second-order valence-electron chi connectivity index (χ2n) is 4.63. The lowest BCUT2D eigenvalue weighted by Gasteiger charge is -2.11. The van der Waals surface area contributed by atoms with Crippen LogP contribution in [0.2, 0.25) is 0 Å². The van der Waals surface area contributed by atoms with Gasteiger partial charge in [0, 0.05) is 11.5 Å². The number of nitrogens with two attached hydrogens (primary N) is 1. The van der Waals surface area contributed by atoms with E-state index in [-0.39, 0.29) is 16.6 Å². The van der Waals surface area contributed by atoms with Crippen LogP contribution in [-0.2, 0) is 14.6 Å². The van der Waals surface area contributed by atoms with Crippen LogP contribution in [0, 0.1) is 5.92 Å². The molecule has 1 aromatic rings. The van der Waals surface area contributed by atoms with Crippen molar-refractivity contribution in [2.24, 2.45) is 11.7 Å². The topological polar surface area (TPSA) is 94.3 Å². The van der Waals surface area contributed by atoms with E-state index in [0.29, 0.717) is 5.56 Å². The molecule has 0 aromatic heterocycles. The van der Waals surface area contributed by atoms with Crippen molar-refractivity contribution in [2.45, 2.75) is 31.6 Å². The Morgan fingerprint density at radius 2 is 1.60 bits per heavy atom. The number of benzene rings is 1. The smallest absolute Gasteiger partial charge is 0.233 e. The standard InChI is InChI=1S/C14H19NO4S/c1-3-10(4-2)14(17)11-5-7-12(8-6-11)20(18,19)9-13(15)16/h5-8,10H,3-4,9H2,1-2H3,(H2,15,16). The van der Waals surface area contributed by atoms with Crippen molar-refractivity contribution in [1.82, 2.24) is 0 Å². The number of amides is 1. The molecule has 0 atom stereocenters. The average molecular weight is 297 g/mol. The van der Waals surface area contributed by atoms with E-state index in [1.54, 1.807) is 0 Å². The van der Waals surface area contributed by atoms with Crippen molar-refractivity contribution >= 4 is 21.5 Å². The molecule has 0 unspecified atom stereocenters. The first-order valence-electron chi connectivity index (χ1n) is 6.47. The van der Waals surface area contributed by atoms with Crippen LogP contribution in [0.3, 0.4) is 0 Å². The molecule has 0 aliphatic carbocycles. The highest BCUT2D eigenvalue weighted by molar-refractivity contribution is 7.92. The maximum Gasteiger partial charge on any atom is 0.233 e. The molecule has 0 heterocycles. The van der Waals surface area contributed by atoms with Crippen molar-refractivity contribution in [3.8, 4) is 0 Å². The number of hydrogen-bond acceptors (Lipinski definition) is 4. The lowest BCUT2D eigenvalue weighted by atomic mass is 9.93. The maximum atomic E-state index is 12.1. The Bertz CT molecular complexity index is 586. The minimum atomic E-state index is -3.72. The Labute approximate surface area is 119 Å². The summed E-state index contributed by atoms with van der Waals surface area (Å²) in [4.78, 5) is 22.8. The van der Waals surface area contributed by atoms with Gasteiger partial charge in [0.1, 0.15) is 5.75 Å². The summed E-state index contributed by atoms with van der Waals surface area (Å²) in [5.74, 6) is -1.67. The molecule has 5 nitrogen and oxygen atoms in total. The first kappa shape index (κ1) is 16.4. The molecule has 0 radical (unpaired) electrons. The Morgan fingerprint density at radius 1 is 1.10 bits per heavy atom. The fourth-order valence-corrected chi connectivity index (χ4v) is 3.08. The van der Waals surface area contributed by atoms with E-state index in [1.807, 2.05) is 13.8 Å². The molecule has 110 valence electrons. The summed E-state index contributed by atoms with van der Waals surface area (Å²) in [6.45, 7) is 3.88. The van der Waals surface area contributed by atoms with E-state index in [4.69, 9.17) is 5.73 Å². The number of primary amides is 1. The number of Topliss-reactive ketones (excluding diaryl/α,β-unsaturated/α-hetero) is 1. The first-order chi connectivity index (χ1) is 9.31. The fraction of sp³-hybridized carbons (Fsp3) is 0.429. The van der Waals surface area contributed by atoms with Crippen LogP contribution in [0.5, 0.6) is 0 Å². The fourth-order valence-electron chi connectivity index (χ4n) is 1.99. The monoisotopic (exact) mass is 297 g/mol. The molecule has 0 aliphatic heterocycles. The lowest BCUT2D eigenvalue weighted by Crippen LogP contribution is -2.23. The van der Waals surface area contributed by atoms with E-state index in [1.165, 1.54) is 24.3 Å². The van der Waals surface area contributed by atoms with Gasteiger partial charge in [-0.1, -0.05) is 26.0 Å². The van der Waals surface area contributed by atoms with Crippen molar-refractivity contribution in [3.05, 3.63) is 29.8 Å². The second kappa shape index (κ2) is 6.65. The number of hydrogen-bond donors (Lipinski definition) is 1. The number of sulfone groups is 1. The molecule has 20 heavy (non-hydrogen) atoms. The highest BCUT2D eigenvalue weighted by Gasteiger charge is 2.20. The summed E-state index contributed by atoms with van der Waals surface area (Å²) in [7, 11) is -3.72. The Morgan fingerprint density at radius 3 is 2.00 bits per heavy atom. The SMILES string of the molecule is CCC(CC)C(=O)c1ccc(S(=O)(=O)CC(N)=O)cc1. The van der Waals surface area contributed by atoms with Gasteiger partial charge < -0.3 is 5.73 Å². The molecular formula is C14H19NO4S. The van der Waals surface area contributed by atoms with Gasteiger partial charge in [0.2, 0.25) is 5.91 Å². The third kappa shape index (κ3) is 3.90. The van der Waals surface area contributed by atoms with Gasteiger partial charge >= 0.3 is 0 Å². The van der Waals surface area contributed by atoms with Crippen LogP contribution in [-0.4, -0.2) is 25.9 Å². The summed E-state index contributed by atoms with van der Waals surface area (Å²) >= 11 is 0. The zero-order valence-electron chi connectivity index (χ0n) is 11.6. The average Bonchev–Trinajstić information content (AvgIpc) is 2.38. The maximum absolute atomic E-state index is 12.1. The molecule has 1 rings (SSSR count). The van der Waals surface area contributed by atoms with Crippen molar-refractivity contribution in [3.63, 3.8) is 0 Å². The van der Waals surface area contributed by atoms with Crippen LogP contribution < -0.4 is 5.73 Å². The number of carbonyl (C=O) groups excluding carboxylic acids is 2. The Hall–Kier alpha value is -1.69. The number of rotatable bonds is 7. The van der Waals surface area contributed by atoms with Crippen LogP contribution in [0.15, 0.2) is 29.2 Å². The summed E-state index contributed by atoms with van der Waals surface area (Å²) in [6.07, 6.45) is 1.49. The van der Waals surface area contributed by atoms with E-state index in [9.17, 15) is 18.0 Å². The highest BCUT2D eigenvalue weighted by atomic mass is 32.2. The van der Waals surface area contributed by atoms with Crippen molar-refractivity contribution in [2.75, 3.05) is 5.75 Å². The van der Waals surface area contributed by atoms with Crippen molar-refractivity contribution in [1.29, 1.82) is 0 Å². The van der Waals surface area contributed by atoms with Gasteiger partial charge in [-0.3, -0.25) is 9.59 Å². The molecule has 0 saturated carbocycles. The van der Waals surface area contributed by atoms with Gasteiger partial charge in [-0.25, -0.2) is 8.42 Å². The summed E-state index contributed by atoms with van der Waals surface area (Å²) in [5.41, 5.74) is 5.38. The quantitative estimate of drug-likeness (QED) is 0.773. The van der Waals surface area contributed by atoms with E-state index >= 15 is 0 Å². The molecule has 6 heteroatoms. The van der Waals surface area contributed by atoms with E-state index in [2.05, 4.69) is 0 Å². The predicted molar refractivity (Wildman–Crippen MR) is 76.1 cm³/mol. The Balaban J connectivity index is 3.00. The molecular weight excluding hydrogens is 278 g/mol. The van der Waals surface area contributed by atoms with Gasteiger partial charge in [0.25, 0.3) is 0 Å². The van der Waals surface area contributed by atoms with Crippen LogP contribution >= 0.6 is 0 Å². The third-order valence-corrected chi connectivity index (χ3v) is 4.84. The zero-order chi connectivity index (χ0) is 15.3. The van der Waals surface area contributed by atoms with Gasteiger partial charge in [-0.2, -0.15) is 0 Å². The largest absolute Gasteiger partial charge is 0.369 e. The van der Waals surface area contributed by atoms with E-state index in [0.717, 1.165) is 12.8 Å². The molecule has 2 N–H and O–H groups in total. The lowest BCUT2D eigenvalue weighted by molar-refractivity contribution is -0.115. The van der Waals surface area contributed by atoms with Crippen LogP contribution in [0.25, 0.3) is 0 Å². The van der Waals surface area contributed by atoms with Crippen molar-refractivity contribution < 1.29 is 18.0 Å². The first-order valence-corrected chi connectivity index (χ1v) is 8.12. The van der Waals surface area contributed by atoms with Gasteiger partial charge in [-0.15, -0.1) is 0 Å². The normalized spacial score (nSPS) is 11.6. The van der Waals surface area contributed by atoms with Gasteiger partial charge in [0.05, 0.1) is 4.90 Å². The number of carbonyl (C=O) groups is 2. The molecule has 0 saturated heterocycles. The predicted octanol–water partition coefficient (Wildman–Crippen LogP) is 1.56. The molecule has 1 aromatic carbocycles. The summed E-state index contributed by atoms with van der Waals surface area (Å²) in [6, 6.07) is 5.64. The Kier molecular flexibility index (Phi) is 5.44. The highest BCUT2D eigenvalue weighted by Crippen LogP contribution is 2.18. The molecule has 0 spiro atoms. The van der Waals surface area contributed by atoms with Crippen LogP contribution in [0.4, 0.5) is 0 Å². The second-order valence-corrected chi connectivity index (χ2v) is 6.62. The molecule has 0 aliphatic rings. The zero-order valence-corrected chi connectivity index (χ0v) is 12.4. The molecule has 0 bridgehead atoms.